The molecule has 0 aliphatic rings. The van der Waals surface area contributed by atoms with Crippen molar-refractivity contribution in [1.82, 2.24) is 5.32 Å². The molecule has 1 atom stereocenters. The lowest BCUT2D eigenvalue weighted by atomic mass is 10.1. The Morgan fingerprint density at radius 3 is 2.05 bits per heavy atom. The maximum Gasteiger partial charge on any atom is 0.169 e. The van der Waals surface area contributed by atoms with Gasteiger partial charge in [0.15, 0.2) is 6.29 Å². The fourth-order valence-electron chi connectivity index (χ4n) is 1.97. The Morgan fingerprint density at radius 1 is 1.00 bits per heavy atom. The number of ether oxygens (including phenoxy) is 2. The second-order valence-corrected chi connectivity index (χ2v) is 4.57. The van der Waals surface area contributed by atoms with Gasteiger partial charge in [0.25, 0.3) is 0 Å². The molecule has 108 valence electrons. The molecule has 3 heteroatoms. The molecule has 0 aliphatic carbocycles. The van der Waals surface area contributed by atoms with Gasteiger partial charge in [0.2, 0.25) is 0 Å². The van der Waals surface area contributed by atoms with Crippen LogP contribution in [0.5, 0.6) is 0 Å². The molecule has 0 bridgehead atoms. The fourth-order valence-corrected chi connectivity index (χ4v) is 1.97. The van der Waals surface area contributed by atoms with Crippen molar-refractivity contribution in [3.63, 3.8) is 0 Å². The lowest BCUT2D eigenvalue weighted by Gasteiger charge is -2.21. The Balaban J connectivity index is 2.45. The first-order valence-corrected chi connectivity index (χ1v) is 7.26. The lowest BCUT2D eigenvalue weighted by Crippen LogP contribution is -2.33. The fraction of sp³-hybridized carbons (Fsp3) is 0.625. The molecule has 0 radical (unpaired) electrons. The molecular weight excluding hydrogens is 238 g/mol. The van der Waals surface area contributed by atoms with Gasteiger partial charge < -0.3 is 14.8 Å². The number of benzene rings is 1. The van der Waals surface area contributed by atoms with Crippen molar-refractivity contribution in [1.29, 1.82) is 0 Å². The van der Waals surface area contributed by atoms with E-state index in [1.54, 1.807) is 0 Å². The van der Waals surface area contributed by atoms with E-state index in [-0.39, 0.29) is 6.29 Å². The first-order valence-electron chi connectivity index (χ1n) is 7.26. The van der Waals surface area contributed by atoms with E-state index in [2.05, 4.69) is 43.4 Å². The third-order valence-electron chi connectivity index (χ3n) is 3.18. The Kier molecular flexibility index (Phi) is 7.72. The summed E-state index contributed by atoms with van der Waals surface area (Å²) in [5, 5.41) is 3.46. The summed E-state index contributed by atoms with van der Waals surface area (Å²) in [6.45, 7) is 10.4. The Hall–Kier alpha value is -0.900. The van der Waals surface area contributed by atoms with Crippen molar-refractivity contribution >= 4 is 0 Å². The molecular formula is C16H27NO2. The minimum absolute atomic E-state index is 0.160. The summed E-state index contributed by atoms with van der Waals surface area (Å²) in [7, 11) is 0. The van der Waals surface area contributed by atoms with Crippen molar-refractivity contribution in [3.8, 4) is 0 Å². The average Bonchev–Trinajstić information content (AvgIpc) is 2.45. The predicted octanol–water partition coefficient (Wildman–Crippen LogP) is 3.30. The van der Waals surface area contributed by atoms with Crippen LogP contribution in [0.15, 0.2) is 24.3 Å². The third-order valence-corrected chi connectivity index (χ3v) is 3.18. The summed E-state index contributed by atoms with van der Waals surface area (Å²) in [4.78, 5) is 0. The van der Waals surface area contributed by atoms with E-state index in [0.717, 1.165) is 6.42 Å². The molecule has 1 rings (SSSR count). The normalized spacial score (nSPS) is 12.9. The summed E-state index contributed by atoms with van der Waals surface area (Å²) in [5.41, 5.74) is 2.67. The summed E-state index contributed by atoms with van der Waals surface area (Å²) in [6, 6.07) is 9.06. The number of aryl methyl sites for hydroxylation is 1. The van der Waals surface area contributed by atoms with E-state index in [4.69, 9.17) is 9.47 Å². The SMILES string of the molecule is CCOC(CNC(C)c1ccc(CC)cc1)OCC. The summed E-state index contributed by atoms with van der Waals surface area (Å²) < 4.78 is 11.0. The second-order valence-electron chi connectivity index (χ2n) is 4.57. The minimum atomic E-state index is -0.160. The predicted molar refractivity (Wildman–Crippen MR) is 79.3 cm³/mol. The van der Waals surface area contributed by atoms with Crippen LogP contribution in [-0.2, 0) is 15.9 Å². The van der Waals surface area contributed by atoms with E-state index in [0.29, 0.717) is 25.8 Å². The van der Waals surface area contributed by atoms with Crippen LogP contribution < -0.4 is 5.32 Å². The van der Waals surface area contributed by atoms with Crippen LogP contribution in [-0.4, -0.2) is 26.0 Å². The first kappa shape index (κ1) is 16.2. The van der Waals surface area contributed by atoms with Gasteiger partial charge in [0, 0.05) is 25.8 Å². The Labute approximate surface area is 117 Å². The minimum Gasteiger partial charge on any atom is -0.352 e. The summed E-state index contributed by atoms with van der Waals surface area (Å²) in [5.74, 6) is 0. The van der Waals surface area contributed by atoms with Gasteiger partial charge in [-0.1, -0.05) is 31.2 Å². The molecule has 1 N–H and O–H groups in total. The maximum atomic E-state index is 5.52. The van der Waals surface area contributed by atoms with Gasteiger partial charge in [-0.05, 0) is 38.3 Å². The molecule has 19 heavy (non-hydrogen) atoms. The molecule has 0 spiro atoms. The van der Waals surface area contributed by atoms with Crippen molar-refractivity contribution < 1.29 is 9.47 Å². The monoisotopic (exact) mass is 265 g/mol. The Bertz CT molecular complexity index is 331. The van der Waals surface area contributed by atoms with Crippen LogP contribution in [0.4, 0.5) is 0 Å². The number of hydrogen-bond donors (Lipinski definition) is 1. The van der Waals surface area contributed by atoms with E-state index < -0.39 is 0 Å². The average molecular weight is 265 g/mol. The van der Waals surface area contributed by atoms with E-state index in [1.807, 2.05) is 13.8 Å². The van der Waals surface area contributed by atoms with E-state index in [9.17, 15) is 0 Å². The van der Waals surface area contributed by atoms with Crippen molar-refractivity contribution in [2.75, 3.05) is 19.8 Å². The highest BCUT2D eigenvalue weighted by molar-refractivity contribution is 5.24. The Morgan fingerprint density at radius 2 is 1.58 bits per heavy atom. The largest absolute Gasteiger partial charge is 0.352 e. The summed E-state index contributed by atoms with van der Waals surface area (Å²) >= 11 is 0. The zero-order chi connectivity index (χ0) is 14.1. The smallest absolute Gasteiger partial charge is 0.169 e. The molecule has 1 unspecified atom stereocenters. The maximum absolute atomic E-state index is 5.52. The summed E-state index contributed by atoms with van der Waals surface area (Å²) in [6.07, 6.45) is 0.922. The first-order chi connectivity index (χ1) is 9.21. The third kappa shape index (κ3) is 5.72. The van der Waals surface area contributed by atoms with Crippen LogP contribution in [0.3, 0.4) is 0 Å². The van der Waals surface area contributed by atoms with Gasteiger partial charge in [0.05, 0.1) is 0 Å². The van der Waals surface area contributed by atoms with Crippen molar-refractivity contribution in [2.24, 2.45) is 0 Å². The van der Waals surface area contributed by atoms with Crippen LogP contribution in [0.2, 0.25) is 0 Å². The standard InChI is InChI=1S/C16H27NO2/c1-5-14-8-10-15(11-9-14)13(4)17-12-16(18-6-2)19-7-3/h8-11,13,16-17H,5-7,12H2,1-4H3. The molecule has 0 aromatic heterocycles. The zero-order valence-electron chi connectivity index (χ0n) is 12.6. The van der Waals surface area contributed by atoms with Crippen LogP contribution in [0.25, 0.3) is 0 Å². The lowest BCUT2D eigenvalue weighted by molar-refractivity contribution is -0.133. The second kappa shape index (κ2) is 9.08. The van der Waals surface area contributed by atoms with Crippen molar-refractivity contribution in [3.05, 3.63) is 35.4 Å². The number of rotatable bonds is 9. The van der Waals surface area contributed by atoms with Crippen molar-refractivity contribution in [2.45, 2.75) is 46.4 Å². The molecule has 1 aromatic rings. The topological polar surface area (TPSA) is 30.5 Å². The van der Waals surface area contributed by atoms with E-state index >= 15 is 0 Å². The molecule has 0 heterocycles. The highest BCUT2D eigenvalue weighted by Crippen LogP contribution is 2.13. The molecule has 0 amide bonds. The molecule has 3 nitrogen and oxygen atoms in total. The number of hydrogen-bond acceptors (Lipinski definition) is 3. The van der Waals surface area contributed by atoms with E-state index in [1.165, 1.54) is 11.1 Å². The van der Waals surface area contributed by atoms with Gasteiger partial charge in [-0.3, -0.25) is 0 Å². The highest BCUT2D eigenvalue weighted by atomic mass is 16.7. The zero-order valence-corrected chi connectivity index (χ0v) is 12.6. The van der Waals surface area contributed by atoms with Gasteiger partial charge >= 0.3 is 0 Å². The quantitative estimate of drug-likeness (QED) is 0.695. The molecule has 0 aliphatic heterocycles. The van der Waals surface area contributed by atoms with Gasteiger partial charge in [-0.15, -0.1) is 0 Å². The van der Waals surface area contributed by atoms with Crippen LogP contribution in [0.1, 0.15) is 44.9 Å². The molecule has 0 saturated carbocycles. The molecule has 0 saturated heterocycles. The van der Waals surface area contributed by atoms with Gasteiger partial charge in [0.1, 0.15) is 0 Å². The molecule has 0 fully saturated rings. The molecule has 1 aromatic carbocycles. The van der Waals surface area contributed by atoms with Gasteiger partial charge in [-0.25, -0.2) is 0 Å². The highest BCUT2D eigenvalue weighted by Gasteiger charge is 2.11. The van der Waals surface area contributed by atoms with Crippen LogP contribution in [0, 0.1) is 0 Å². The van der Waals surface area contributed by atoms with Crippen LogP contribution >= 0.6 is 0 Å². The number of nitrogens with one attached hydrogen (secondary N) is 1. The van der Waals surface area contributed by atoms with Gasteiger partial charge in [-0.2, -0.15) is 0 Å².